The molecule has 0 radical (unpaired) electrons. The second-order valence-corrected chi connectivity index (χ2v) is 4.30. The zero-order chi connectivity index (χ0) is 14.7. The average Bonchev–Trinajstić information content (AvgIpc) is 2.39. The second kappa shape index (κ2) is 5.68. The topological polar surface area (TPSA) is 144 Å². The Bertz CT molecular complexity index is 749. The van der Waals surface area contributed by atoms with Crippen LogP contribution >= 0.6 is 0 Å². The fraction of sp³-hybridized carbons (Fsp3) is 0.250. The first-order valence-electron chi connectivity index (χ1n) is 5.85. The molecule has 1 amide bonds. The summed E-state index contributed by atoms with van der Waals surface area (Å²) in [5, 5.41) is 0. The molecule has 6 N–H and O–H groups in total. The van der Waals surface area contributed by atoms with E-state index in [-0.39, 0.29) is 13.2 Å². The molecule has 0 aliphatic carbocycles. The summed E-state index contributed by atoms with van der Waals surface area (Å²) in [5.41, 5.74) is 11.1. The number of aromatic amines is 2. The molecule has 0 aliphatic heterocycles. The van der Waals surface area contributed by atoms with Gasteiger partial charge in [0.15, 0.2) is 0 Å². The van der Waals surface area contributed by atoms with Gasteiger partial charge in [0.1, 0.15) is 6.61 Å². The molecular formula is C12H14N4O4. The van der Waals surface area contributed by atoms with Crippen LogP contribution in [-0.4, -0.2) is 29.1 Å². The van der Waals surface area contributed by atoms with Crippen molar-refractivity contribution in [1.29, 1.82) is 0 Å². The highest BCUT2D eigenvalue weighted by Crippen LogP contribution is 2.15. The van der Waals surface area contributed by atoms with Crippen molar-refractivity contribution < 1.29 is 9.53 Å². The summed E-state index contributed by atoms with van der Waals surface area (Å²) in [6.45, 7) is -0.0898. The van der Waals surface area contributed by atoms with Crippen molar-refractivity contribution in [2.75, 3.05) is 13.2 Å². The molecule has 0 spiro atoms. The summed E-state index contributed by atoms with van der Waals surface area (Å²) in [6.07, 6.45) is 0. The van der Waals surface area contributed by atoms with Gasteiger partial charge < -0.3 is 26.2 Å². The molecule has 0 fully saturated rings. The van der Waals surface area contributed by atoms with E-state index in [1.807, 2.05) is 0 Å². The lowest BCUT2D eigenvalue weighted by Gasteiger charge is -2.12. The van der Waals surface area contributed by atoms with Gasteiger partial charge in [-0.25, -0.2) is 0 Å². The zero-order valence-corrected chi connectivity index (χ0v) is 10.5. The predicted molar refractivity (Wildman–Crippen MR) is 72.1 cm³/mol. The van der Waals surface area contributed by atoms with E-state index >= 15 is 0 Å². The Morgan fingerprint density at radius 2 is 1.85 bits per heavy atom. The van der Waals surface area contributed by atoms with Crippen LogP contribution in [0.15, 0.2) is 27.8 Å². The van der Waals surface area contributed by atoms with E-state index in [1.54, 1.807) is 18.2 Å². The summed E-state index contributed by atoms with van der Waals surface area (Å²) in [5.74, 6) is -0.572. The van der Waals surface area contributed by atoms with Gasteiger partial charge in [-0.05, 0) is 17.7 Å². The monoisotopic (exact) mass is 278 g/mol. The maximum Gasteiger partial charge on any atom is 0.314 e. The van der Waals surface area contributed by atoms with E-state index in [9.17, 15) is 14.4 Å². The lowest BCUT2D eigenvalue weighted by Crippen LogP contribution is -2.29. The van der Waals surface area contributed by atoms with Crippen LogP contribution in [0.5, 0.6) is 0 Å². The smallest absolute Gasteiger partial charge is 0.314 e. The minimum Gasteiger partial charge on any atom is -0.370 e. The summed E-state index contributed by atoms with van der Waals surface area (Å²) in [6, 6.07) is 4.50. The van der Waals surface area contributed by atoms with E-state index < -0.39 is 23.1 Å². The van der Waals surface area contributed by atoms with Gasteiger partial charge >= 0.3 is 11.1 Å². The zero-order valence-electron chi connectivity index (χ0n) is 10.5. The van der Waals surface area contributed by atoms with Crippen molar-refractivity contribution in [2.24, 2.45) is 11.5 Å². The van der Waals surface area contributed by atoms with Gasteiger partial charge in [0.05, 0.1) is 23.7 Å². The van der Waals surface area contributed by atoms with Gasteiger partial charge in [0, 0.05) is 0 Å². The number of ether oxygens (including phenoxy) is 1. The van der Waals surface area contributed by atoms with Crippen LogP contribution in [0.25, 0.3) is 11.0 Å². The molecule has 2 rings (SSSR count). The predicted octanol–water partition coefficient (Wildman–Crippen LogP) is -1.28. The second-order valence-electron chi connectivity index (χ2n) is 4.30. The molecule has 1 unspecified atom stereocenters. The quantitative estimate of drug-likeness (QED) is 0.503. The number of hydrogen-bond donors (Lipinski definition) is 4. The number of aromatic nitrogens is 2. The lowest BCUT2D eigenvalue weighted by molar-refractivity contribution is -0.122. The van der Waals surface area contributed by atoms with E-state index in [4.69, 9.17) is 16.2 Å². The Morgan fingerprint density at radius 3 is 2.50 bits per heavy atom. The van der Waals surface area contributed by atoms with Crippen LogP contribution in [-0.2, 0) is 9.53 Å². The van der Waals surface area contributed by atoms with E-state index in [0.717, 1.165) is 0 Å². The molecule has 0 aliphatic rings. The van der Waals surface area contributed by atoms with Crippen molar-refractivity contribution in [2.45, 2.75) is 6.04 Å². The molecule has 1 atom stereocenters. The molecule has 8 heteroatoms. The number of carbonyl (C=O) groups is 1. The molecule has 0 saturated carbocycles. The van der Waals surface area contributed by atoms with Gasteiger partial charge in [-0.15, -0.1) is 0 Å². The lowest BCUT2D eigenvalue weighted by atomic mass is 10.1. The number of H-pyrrole nitrogens is 2. The van der Waals surface area contributed by atoms with Gasteiger partial charge in [-0.1, -0.05) is 6.07 Å². The number of benzene rings is 1. The van der Waals surface area contributed by atoms with Crippen molar-refractivity contribution in [3.63, 3.8) is 0 Å². The Balaban J connectivity index is 2.22. The molecule has 1 heterocycles. The Hall–Kier alpha value is -2.45. The molecule has 20 heavy (non-hydrogen) atoms. The third kappa shape index (κ3) is 3.11. The van der Waals surface area contributed by atoms with Gasteiger partial charge in [0.25, 0.3) is 0 Å². The summed E-state index contributed by atoms with van der Waals surface area (Å²) in [7, 11) is 0. The van der Waals surface area contributed by atoms with E-state index in [2.05, 4.69) is 9.97 Å². The number of fused-ring (bicyclic) bond motifs is 1. The van der Waals surface area contributed by atoms with Crippen LogP contribution in [0.1, 0.15) is 11.6 Å². The first-order chi connectivity index (χ1) is 9.47. The normalized spacial score (nSPS) is 12.4. The van der Waals surface area contributed by atoms with Crippen LogP contribution in [0, 0.1) is 0 Å². The van der Waals surface area contributed by atoms with Gasteiger partial charge in [-0.2, -0.15) is 0 Å². The van der Waals surface area contributed by atoms with Crippen molar-refractivity contribution in [3.05, 3.63) is 44.5 Å². The van der Waals surface area contributed by atoms with Gasteiger partial charge in [0.2, 0.25) is 5.91 Å². The minimum absolute atomic E-state index is 0.113. The Kier molecular flexibility index (Phi) is 3.97. The summed E-state index contributed by atoms with van der Waals surface area (Å²) in [4.78, 5) is 37.9. The van der Waals surface area contributed by atoms with Gasteiger partial charge in [-0.3, -0.25) is 14.4 Å². The summed E-state index contributed by atoms with van der Waals surface area (Å²) >= 11 is 0. The number of amides is 1. The van der Waals surface area contributed by atoms with Crippen LogP contribution in [0.3, 0.4) is 0 Å². The number of hydrogen-bond acceptors (Lipinski definition) is 5. The SMILES string of the molecule is NC(=O)COCC(N)c1ccc2[nH]c(=O)c(=O)[nH]c2c1. The molecule has 2 aromatic rings. The molecule has 106 valence electrons. The first kappa shape index (κ1) is 14.0. The van der Waals surface area contributed by atoms with E-state index in [1.165, 1.54) is 0 Å². The number of carbonyl (C=O) groups excluding carboxylic acids is 1. The molecule has 0 bridgehead atoms. The number of nitrogens with two attached hydrogens (primary N) is 2. The number of primary amides is 1. The Labute approximate surface area is 112 Å². The van der Waals surface area contributed by atoms with Crippen molar-refractivity contribution >= 4 is 16.9 Å². The third-order valence-corrected chi connectivity index (χ3v) is 2.72. The molecule has 0 saturated heterocycles. The van der Waals surface area contributed by atoms with Crippen molar-refractivity contribution in [3.8, 4) is 0 Å². The highest BCUT2D eigenvalue weighted by atomic mass is 16.5. The third-order valence-electron chi connectivity index (χ3n) is 2.72. The van der Waals surface area contributed by atoms with Crippen LogP contribution in [0.4, 0.5) is 0 Å². The average molecular weight is 278 g/mol. The maximum atomic E-state index is 11.3. The number of rotatable bonds is 5. The molecule has 8 nitrogen and oxygen atoms in total. The maximum absolute atomic E-state index is 11.3. The standard InChI is InChI=1S/C12H14N4O4/c13-7(4-20-5-10(14)17)6-1-2-8-9(3-6)16-12(19)11(18)15-8/h1-3,7H,4-5,13H2,(H2,14,17)(H,15,18)(H,16,19). The Morgan fingerprint density at radius 1 is 1.20 bits per heavy atom. The largest absolute Gasteiger partial charge is 0.370 e. The molecule has 1 aromatic heterocycles. The molecular weight excluding hydrogens is 264 g/mol. The fourth-order valence-corrected chi connectivity index (χ4v) is 1.75. The highest BCUT2D eigenvalue weighted by Gasteiger charge is 2.09. The van der Waals surface area contributed by atoms with Crippen molar-refractivity contribution in [1.82, 2.24) is 9.97 Å². The van der Waals surface area contributed by atoms with Crippen LogP contribution < -0.4 is 22.6 Å². The highest BCUT2D eigenvalue weighted by molar-refractivity contribution is 5.75. The minimum atomic E-state index is -0.729. The fourth-order valence-electron chi connectivity index (χ4n) is 1.75. The number of nitrogens with one attached hydrogen (secondary N) is 2. The first-order valence-corrected chi connectivity index (χ1v) is 5.85. The summed E-state index contributed by atoms with van der Waals surface area (Å²) < 4.78 is 5.04. The van der Waals surface area contributed by atoms with E-state index in [0.29, 0.717) is 16.6 Å². The van der Waals surface area contributed by atoms with Crippen LogP contribution in [0.2, 0.25) is 0 Å². The molecule has 1 aromatic carbocycles.